The average molecular weight is 271 g/mol. The molecule has 4 rings (SSSR count). The molecule has 2 aliphatic heterocycles. The first-order valence-electron chi connectivity index (χ1n) is 7.14. The van der Waals surface area contributed by atoms with Gasteiger partial charge in [0.15, 0.2) is 0 Å². The maximum Gasteiger partial charge on any atom is 0.270 e. The molecule has 1 N–H and O–H groups in total. The van der Waals surface area contributed by atoms with Crippen LogP contribution in [-0.2, 0) is 0 Å². The molecular formula is C15H17N3O2. The predicted octanol–water partition coefficient (Wildman–Crippen LogP) is 1.65. The van der Waals surface area contributed by atoms with E-state index in [4.69, 9.17) is 4.42 Å². The Morgan fingerprint density at radius 1 is 1.45 bits per heavy atom. The van der Waals surface area contributed by atoms with Crippen LogP contribution in [0.15, 0.2) is 29.0 Å². The number of nitrogens with one attached hydrogen (secondary N) is 1. The van der Waals surface area contributed by atoms with E-state index in [1.54, 1.807) is 18.5 Å². The standard InChI is InChI=1S/C15H17N3O2/c19-15(13-6-14-11(7-16-13)2-4-20-14)17-12-5-10-1-3-18(8-10)9-12/h2,4,6-7,10,12H,1,3,5,8-9H2,(H,17,19)/t10-,12-/m1/s1. The first-order chi connectivity index (χ1) is 9.78. The zero-order valence-electron chi connectivity index (χ0n) is 11.2. The maximum atomic E-state index is 12.3. The molecule has 1 amide bonds. The Labute approximate surface area is 117 Å². The summed E-state index contributed by atoms with van der Waals surface area (Å²) in [6, 6.07) is 3.80. The van der Waals surface area contributed by atoms with E-state index in [-0.39, 0.29) is 11.9 Å². The Morgan fingerprint density at radius 3 is 3.30 bits per heavy atom. The van der Waals surface area contributed by atoms with Crippen LogP contribution in [0.1, 0.15) is 23.3 Å². The second-order valence-corrected chi connectivity index (χ2v) is 5.85. The maximum absolute atomic E-state index is 12.3. The molecule has 5 heteroatoms. The Kier molecular flexibility index (Phi) is 2.73. The normalized spacial score (nSPS) is 28.7. The number of carbonyl (C=O) groups is 1. The first-order valence-corrected chi connectivity index (χ1v) is 7.14. The zero-order valence-corrected chi connectivity index (χ0v) is 11.2. The van der Waals surface area contributed by atoms with Gasteiger partial charge in [-0.05, 0) is 31.4 Å². The SMILES string of the molecule is O=C(N[C@@H]1C[C@H]2CCN(C2)C1)c1cc2occc2cn1. The summed E-state index contributed by atoms with van der Waals surface area (Å²) in [7, 11) is 0. The van der Waals surface area contributed by atoms with Crippen molar-refractivity contribution in [3.8, 4) is 0 Å². The Bertz CT molecular complexity index is 639. The third-order valence-electron chi connectivity index (χ3n) is 4.37. The lowest BCUT2D eigenvalue weighted by Gasteiger charge is -2.30. The van der Waals surface area contributed by atoms with Gasteiger partial charge in [0.1, 0.15) is 11.3 Å². The molecule has 0 radical (unpaired) electrons. The Hall–Kier alpha value is -1.88. The van der Waals surface area contributed by atoms with Crippen molar-refractivity contribution in [3.05, 3.63) is 30.3 Å². The lowest BCUT2D eigenvalue weighted by molar-refractivity contribution is 0.0904. The zero-order chi connectivity index (χ0) is 13.5. The number of hydrogen-bond donors (Lipinski definition) is 1. The number of piperidine rings is 1. The Balaban J connectivity index is 1.49. The number of rotatable bonds is 2. The van der Waals surface area contributed by atoms with E-state index in [9.17, 15) is 4.79 Å². The molecule has 0 aliphatic carbocycles. The topological polar surface area (TPSA) is 58.4 Å². The van der Waals surface area contributed by atoms with Gasteiger partial charge in [0.25, 0.3) is 5.91 Å². The average Bonchev–Trinajstić information content (AvgIpc) is 3.04. The molecule has 2 aromatic rings. The van der Waals surface area contributed by atoms with Gasteiger partial charge in [-0.3, -0.25) is 9.78 Å². The molecule has 2 fully saturated rings. The second-order valence-electron chi connectivity index (χ2n) is 5.85. The van der Waals surface area contributed by atoms with Crippen molar-refractivity contribution >= 4 is 16.9 Å². The fourth-order valence-corrected chi connectivity index (χ4v) is 3.40. The number of furan rings is 1. The summed E-state index contributed by atoms with van der Waals surface area (Å²) in [5.74, 6) is 0.644. The van der Waals surface area contributed by atoms with Gasteiger partial charge in [-0.25, -0.2) is 0 Å². The molecule has 1 unspecified atom stereocenters. The van der Waals surface area contributed by atoms with E-state index in [0.717, 1.165) is 24.3 Å². The van der Waals surface area contributed by atoms with Gasteiger partial charge in [-0.15, -0.1) is 0 Å². The van der Waals surface area contributed by atoms with Crippen molar-refractivity contribution in [2.45, 2.75) is 18.9 Å². The molecule has 0 spiro atoms. The van der Waals surface area contributed by atoms with Crippen LogP contribution in [0.2, 0.25) is 0 Å². The molecule has 3 atom stereocenters. The summed E-state index contributed by atoms with van der Waals surface area (Å²) in [4.78, 5) is 18.9. The summed E-state index contributed by atoms with van der Waals surface area (Å²) >= 11 is 0. The molecule has 0 saturated carbocycles. The van der Waals surface area contributed by atoms with Crippen LogP contribution < -0.4 is 5.32 Å². The van der Waals surface area contributed by atoms with E-state index >= 15 is 0 Å². The summed E-state index contributed by atoms with van der Waals surface area (Å²) in [5, 5.41) is 4.03. The summed E-state index contributed by atoms with van der Waals surface area (Å²) in [5.41, 5.74) is 1.14. The molecule has 20 heavy (non-hydrogen) atoms. The third-order valence-corrected chi connectivity index (χ3v) is 4.37. The van der Waals surface area contributed by atoms with Gasteiger partial charge >= 0.3 is 0 Å². The van der Waals surface area contributed by atoms with E-state index in [1.165, 1.54) is 19.5 Å². The van der Waals surface area contributed by atoms with E-state index in [0.29, 0.717) is 11.3 Å². The summed E-state index contributed by atoms with van der Waals surface area (Å²) in [6.07, 6.45) is 5.65. The van der Waals surface area contributed by atoms with Gasteiger partial charge in [0, 0.05) is 36.8 Å². The minimum Gasteiger partial charge on any atom is -0.464 e. The number of hydrogen-bond acceptors (Lipinski definition) is 4. The van der Waals surface area contributed by atoms with Gasteiger partial charge in [-0.2, -0.15) is 0 Å². The van der Waals surface area contributed by atoms with Crippen molar-refractivity contribution in [1.82, 2.24) is 15.2 Å². The molecule has 4 heterocycles. The van der Waals surface area contributed by atoms with E-state index in [2.05, 4.69) is 15.2 Å². The van der Waals surface area contributed by atoms with Crippen LogP contribution in [-0.4, -0.2) is 41.5 Å². The number of carbonyl (C=O) groups excluding carboxylic acids is 1. The van der Waals surface area contributed by atoms with Crippen molar-refractivity contribution in [3.63, 3.8) is 0 Å². The highest BCUT2D eigenvalue weighted by Gasteiger charge is 2.33. The van der Waals surface area contributed by atoms with Crippen LogP contribution in [0.25, 0.3) is 11.0 Å². The molecule has 104 valence electrons. The van der Waals surface area contributed by atoms with Crippen LogP contribution in [0.4, 0.5) is 0 Å². The van der Waals surface area contributed by atoms with E-state index in [1.807, 2.05) is 6.07 Å². The summed E-state index contributed by atoms with van der Waals surface area (Å²) < 4.78 is 5.31. The lowest BCUT2D eigenvalue weighted by atomic mass is 9.97. The van der Waals surface area contributed by atoms with Crippen molar-refractivity contribution < 1.29 is 9.21 Å². The van der Waals surface area contributed by atoms with Crippen LogP contribution in [0, 0.1) is 5.92 Å². The minimum absolute atomic E-state index is 0.101. The number of pyridine rings is 1. The molecule has 2 aliphatic rings. The van der Waals surface area contributed by atoms with E-state index < -0.39 is 0 Å². The number of amides is 1. The lowest BCUT2D eigenvalue weighted by Crippen LogP contribution is -2.47. The highest BCUT2D eigenvalue weighted by atomic mass is 16.3. The first kappa shape index (κ1) is 11.9. The van der Waals surface area contributed by atoms with Gasteiger partial charge < -0.3 is 14.6 Å². The monoisotopic (exact) mass is 271 g/mol. The fourth-order valence-electron chi connectivity index (χ4n) is 3.40. The smallest absolute Gasteiger partial charge is 0.270 e. The summed E-state index contributed by atoms with van der Waals surface area (Å²) in [6.45, 7) is 3.34. The Morgan fingerprint density at radius 2 is 2.40 bits per heavy atom. The second kappa shape index (κ2) is 4.59. The van der Waals surface area contributed by atoms with Crippen molar-refractivity contribution in [1.29, 1.82) is 0 Å². The molecule has 2 saturated heterocycles. The molecule has 5 nitrogen and oxygen atoms in total. The fraction of sp³-hybridized carbons (Fsp3) is 0.467. The molecule has 0 aromatic carbocycles. The van der Waals surface area contributed by atoms with Gasteiger partial charge in [-0.1, -0.05) is 0 Å². The van der Waals surface area contributed by atoms with Crippen molar-refractivity contribution in [2.24, 2.45) is 5.92 Å². The van der Waals surface area contributed by atoms with Crippen LogP contribution >= 0.6 is 0 Å². The number of fused-ring (bicyclic) bond motifs is 3. The van der Waals surface area contributed by atoms with Crippen LogP contribution in [0.5, 0.6) is 0 Å². The quantitative estimate of drug-likeness (QED) is 0.902. The predicted molar refractivity (Wildman–Crippen MR) is 74.4 cm³/mol. The van der Waals surface area contributed by atoms with Crippen LogP contribution in [0.3, 0.4) is 0 Å². The number of aromatic nitrogens is 1. The largest absolute Gasteiger partial charge is 0.464 e. The van der Waals surface area contributed by atoms with Crippen molar-refractivity contribution in [2.75, 3.05) is 19.6 Å². The molecular weight excluding hydrogens is 254 g/mol. The highest BCUT2D eigenvalue weighted by molar-refractivity contribution is 5.95. The molecule has 2 aromatic heterocycles. The molecule has 2 bridgehead atoms. The third kappa shape index (κ3) is 2.08. The van der Waals surface area contributed by atoms with Gasteiger partial charge in [0.2, 0.25) is 0 Å². The number of nitrogens with zero attached hydrogens (tertiary/aromatic N) is 2. The minimum atomic E-state index is -0.101. The highest BCUT2D eigenvalue weighted by Crippen LogP contribution is 2.26. The van der Waals surface area contributed by atoms with Gasteiger partial charge in [0.05, 0.1) is 6.26 Å².